The lowest BCUT2D eigenvalue weighted by Gasteiger charge is -2.30. The van der Waals surface area contributed by atoms with Crippen molar-refractivity contribution in [2.45, 2.75) is 44.9 Å². The minimum absolute atomic E-state index is 0.131. The number of benzene rings is 1. The van der Waals surface area contributed by atoms with E-state index in [1.54, 1.807) is 10.9 Å². The van der Waals surface area contributed by atoms with E-state index >= 15 is 0 Å². The number of carbonyl (C=O) groups excluding carboxylic acids is 1. The summed E-state index contributed by atoms with van der Waals surface area (Å²) in [7, 11) is 1.29. The summed E-state index contributed by atoms with van der Waals surface area (Å²) in [5, 5.41) is 26.0. The molecule has 0 bridgehead atoms. The number of hydrogen-bond acceptors (Lipinski definition) is 10. The summed E-state index contributed by atoms with van der Waals surface area (Å²) in [6, 6.07) is 7.49. The topological polar surface area (TPSA) is 185 Å². The van der Waals surface area contributed by atoms with Gasteiger partial charge in [0.15, 0.2) is 17.3 Å². The fourth-order valence-electron chi connectivity index (χ4n) is 5.24. The van der Waals surface area contributed by atoms with Crippen molar-refractivity contribution in [2.75, 3.05) is 25.6 Å². The fourth-order valence-corrected chi connectivity index (χ4v) is 5.24. The number of carboxylic acids is 1. The van der Waals surface area contributed by atoms with Gasteiger partial charge in [-0.25, -0.2) is 4.98 Å². The number of fused-ring (bicyclic) bond motifs is 1. The Bertz CT molecular complexity index is 1500. The first kappa shape index (κ1) is 27.1. The van der Waals surface area contributed by atoms with Gasteiger partial charge >= 0.3 is 5.97 Å². The summed E-state index contributed by atoms with van der Waals surface area (Å²) < 4.78 is 14.0. The normalized spacial score (nSPS) is 19.6. The van der Waals surface area contributed by atoms with Crippen molar-refractivity contribution in [3.8, 4) is 16.8 Å². The van der Waals surface area contributed by atoms with Crippen molar-refractivity contribution in [1.82, 2.24) is 34.7 Å². The molecule has 1 aliphatic rings. The zero-order valence-corrected chi connectivity index (χ0v) is 22.2. The van der Waals surface area contributed by atoms with Crippen molar-refractivity contribution in [1.29, 1.82) is 0 Å². The number of anilines is 1. The van der Waals surface area contributed by atoms with Crippen LogP contribution >= 0.6 is 0 Å². The Morgan fingerprint density at radius 2 is 2.05 bits per heavy atom. The molecular formula is C26H31N9O5. The number of hydrogen-bond donors (Lipinski definition) is 3. The number of carbonyl (C=O) groups is 2. The van der Waals surface area contributed by atoms with Crippen LogP contribution in [-0.2, 0) is 25.6 Å². The monoisotopic (exact) mass is 549 g/mol. The minimum atomic E-state index is -1.42. The van der Waals surface area contributed by atoms with Gasteiger partial charge in [0.25, 0.3) is 0 Å². The Balaban J connectivity index is 1.32. The van der Waals surface area contributed by atoms with Gasteiger partial charge in [0.05, 0.1) is 31.2 Å². The van der Waals surface area contributed by atoms with Crippen LogP contribution < -0.4 is 11.1 Å². The van der Waals surface area contributed by atoms with E-state index in [9.17, 15) is 14.7 Å². The first-order valence-electron chi connectivity index (χ1n) is 13.0. The molecule has 1 aromatic carbocycles. The summed E-state index contributed by atoms with van der Waals surface area (Å²) in [5.74, 6) is -1.63. The Hall–Kier alpha value is -4.43. The lowest BCUT2D eigenvalue weighted by Crippen LogP contribution is -2.49. The van der Waals surface area contributed by atoms with Gasteiger partial charge in [-0.2, -0.15) is 14.8 Å². The van der Waals surface area contributed by atoms with E-state index < -0.39 is 23.4 Å². The number of methoxy groups -OCH3 is 1. The smallest absolute Gasteiger partial charge is 0.312 e. The summed E-state index contributed by atoms with van der Waals surface area (Å²) in [6.07, 6.45) is 4.94. The molecule has 14 nitrogen and oxygen atoms in total. The van der Waals surface area contributed by atoms with Crippen LogP contribution in [0.1, 0.15) is 26.2 Å². The Labute approximate surface area is 229 Å². The average molecular weight is 550 g/mol. The number of aromatic nitrogens is 7. The van der Waals surface area contributed by atoms with Crippen LogP contribution in [0.15, 0.2) is 42.9 Å². The highest BCUT2D eigenvalue weighted by Gasteiger charge is 2.54. The van der Waals surface area contributed by atoms with Crippen LogP contribution in [0.2, 0.25) is 0 Å². The SMILES string of the molecule is CCOCCn1cc(-c2ccc(-n3nnc4cnc(N[C@@H]5CC[C@@](C(=O)O)(C(OC)C(N)=O)C5)nc43)cc2)cn1. The van der Waals surface area contributed by atoms with Crippen LogP contribution in [0, 0.1) is 5.41 Å². The zero-order chi connectivity index (χ0) is 28.3. The highest BCUT2D eigenvalue weighted by Crippen LogP contribution is 2.43. The summed E-state index contributed by atoms with van der Waals surface area (Å²) in [5.41, 5.74) is 7.76. The molecule has 1 saturated carbocycles. The van der Waals surface area contributed by atoms with E-state index in [1.165, 1.54) is 7.11 Å². The Morgan fingerprint density at radius 1 is 1.25 bits per heavy atom. The molecular weight excluding hydrogens is 518 g/mol. The fraction of sp³-hybridized carbons (Fsp3) is 0.423. The molecule has 1 unspecified atom stereocenters. The number of amides is 1. The Kier molecular flexibility index (Phi) is 7.71. The number of nitrogens with two attached hydrogens (primary N) is 1. The third-order valence-corrected chi connectivity index (χ3v) is 7.24. The first-order chi connectivity index (χ1) is 19.3. The number of rotatable bonds is 12. The van der Waals surface area contributed by atoms with Gasteiger partial charge in [0, 0.05) is 31.5 Å². The van der Waals surface area contributed by atoms with Gasteiger partial charge in [-0.3, -0.25) is 14.3 Å². The van der Waals surface area contributed by atoms with E-state index in [2.05, 4.69) is 30.7 Å². The van der Waals surface area contributed by atoms with Gasteiger partial charge in [-0.15, -0.1) is 5.10 Å². The molecule has 210 valence electrons. The largest absolute Gasteiger partial charge is 0.481 e. The van der Waals surface area contributed by atoms with Crippen molar-refractivity contribution in [2.24, 2.45) is 11.1 Å². The molecule has 3 atom stereocenters. The van der Waals surface area contributed by atoms with Crippen molar-refractivity contribution >= 4 is 29.0 Å². The molecule has 4 N–H and O–H groups in total. The van der Waals surface area contributed by atoms with Crippen LogP contribution in [0.25, 0.3) is 28.0 Å². The molecule has 4 aromatic rings. The first-order valence-corrected chi connectivity index (χ1v) is 13.0. The lowest BCUT2D eigenvalue weighted by atomic mass is 9.79. The van der Waals surface area contributed by atoms with Crippen LogP contribution in [0.5, 0.6) is 0 Å². The lowest BCUT2D eigenvalue weighted by molar-refractivity contribution is -0.163. The van der Waals surface area contributed by atoms with Gasteiger partial charge < -0.3 is 25.6 Å². The molecule has 0 aliphatic heterocycles. The zero-order valence-electron chi connectivity index (χ0n) is 22.2. The third-order valence-electron chi connectivity index (χ3n) is 7.24. The number of nitrogens with zero attached hydrogens (tertiary/aromatic N) is 7. The van der Waals surface area contributed by atoms with E-state index in [0.29, 0.717) is 43.3 Å². The predicted molar refractivity (Wildman–Crippen MR) is 143 cm³/mol. The number of carboxylic acid groups (broad SMARTS) is 1. The Morgan fingerprint density at radius 3 is 2.75 bits per heavy atom. The maximum Gasteiger partial charge on any atom is 0.312 e. The van der Waals surface area contributed by atoms with E-state index in [4.69, 9.17) is 15.2 Å². The van der Waals surface area contributed by atoms with Crippen LogP contribution in [0.3, 0.4) is 0 Å². The quantitative estimate of drug-likeness (QED) is 0.218. The van der Waals surface area contributed by atoms with Gasteiger partial charge in [0.2, 0.25) is 11.9 Å². The molecule has 0 radical (unpaired) electrons. The van der Waals surface area contributed by atoms with E-state index in [1.807, 2.05) is 48.3 Å². The number of aliphatic carboxylic acids is 1. The van der Waals surface area contributed by atoms with Crippen LogP contribution in [-0.4, -0.2) is 84.2 Å². The highest BCUT2D eigenvalue weighted by molar-refractivity contribution is 5.88. The summed E-state index contributed by atoms with van der Waals surface area (Å²) in [4.78, 5) is 33.0. The van der Waals surface area contributed by atoms with E-state index in [0.717, 1.165) is 16.8 Å². The molecule has 0 spiro atoms. The molecule has 1 fully saturated rings. The maximum atomic E-state index is 12.2. The second-order valence-electron chi connectivity index (χ2n) is 9.70. The molecule has 40 heavy (non-hydrogen) atoms. The number of nitrogens with one attached hydrogen (secondary N) is 1. The minimum Gasteiger partial charge on any atom is -0.481 e. The molecule has 3 aromatic heterocycles. The standard InChI is InChI=1S/C26H31N9O5/c1-3-40-11-10-34-15-17(13-29-34)16-4-6-19(7-5-16)35-23-20(32-33-35)14-28-25(31-23)30-18-8-9-26(12-18,24(37)38)21(39-2)22(27)36/h4-7,13-15,18,21H,3,8-12H2,1-2H3,(H2,27,36)(H,37,38)(H,28,30,31)/t18-,21?,26+/m1/s1. The van der Waals surface area contributed by atoms with Crippen molar-refractivity contribution in [3.63, 3.8) is 0 Å². The summed E-state index contributed by atoms with van der Waals surface area (Å²) >= 11 is 0. The summed E-state index contributed by atoms with van der Waals surface area (Å²) in [6.45, 7) is 3.93. The van der Waals surface area contributed by atoms with Gasteiger partial charge in [0.1, 0.15) is 5.41 Å². The van der Waals surface area contributed by atoms with Gasteiger partial charge in [-0.1, -0.05) is 17.3 Å². The van der Waals surface area contributed by atoms with Crippen molar-refractivity contribution < 1.29 is 24.2 Å². The number of primary amides is 1. The van der Waals surface area contributed by atoms with Crippen LogP contribution in [0.4, 0.5) is 5.95 Å². The molecule has 0 saturated heterocycles. The number of ether oxygens (including phenoxy) is 2. The molecule has 3 heterocycles. The second kappa shape index (κ2) is 11.4. The third kappa shape index (κ3) is 5.22. The maximum absolute atomic E-state index is 12.2. The molecule has 14 heteroatoms. The van der Waals surface area contributed by atoms with E-state index in [-0.39, 0.29) is 18.9 Å². The van der Waals surface area contributed by atoms with Gasteiger partial charge in [-0.05, 0) is 43.9 Å². The average Bonchev–Trinajstić information content (AvgIpc) is 3.69. The predicted octanol–water partition coefficient (Wildman–Crippen LogP) is 1.65. The second-order valence-corrected chi connectivity index (χ2v) is 9.70. The van der Waals surface area contributed by atoms with Crippen molar-refractivity contribution in [3.05, 3.63) is 42.9 Å². The molecule has 5 rings (SSSR count). The highest BCUT2D eigenvalue weighted by atomic mass is 16.5. The molecule has 1 aliphatic carbocycles. The molecule has 1 amide bonds.